The van der Waals surface area contributed by atoms with Gasteiger partial charge in [0.05, 0.1) is 19.2 Å². The van der Waals surface area contributed by atoms with E-state index in [4.69, 9.17) is 9.31 Å². The van der Waals surface area contributed by atoms with Crippen LogP contribution in [-0.4, -0.2) is 44.1 Å². The average Bonchev–Trinajstić information content (AvgIpc) is 2.46. The first-order valence-electron chi connectivity index (χ1n) is 7.09. The minimum Gasteiger partial charge on any atom is -0.497 e. The Labute approximate surface area is 129 Å². The van der Waals surface area contributed by atoms with E-state index < -0.39 is 24.9 Å². The van der Waals surface area contributed by atoms with Crippen LogP contribution in [0.5, 0.6) is 0 Å². The van der Waals surface area contributed by atoms with Crippen molar-refractivity contribution in [1.82, 2.24) is 4.90 Å². The molecule has 0 N–H and O–H groups in total. The van der Waals surface area contributed by atoms with Crippen LogP contribution in [0, 0.1) is 11.3 Å². The molecule has 114 valence electrons. The minimum absolute atomic E-state index is 0.0154. The smallest absolute Gasteiger partial charge is 0.497 e. The monoisotopic (exact) mass is 300 g/mol. The second kappa shape index (κ2) is 7.10. The Balaban J connectivity index is 2.22. The van der Waals surface area contributed by atoms with Gasteiger partial charge in [0.1, 0.15) is 5.82 Å². The highest BCUT2D eigenvalue weighted by molar-refractivity contribution is 6.52. The van der Waals surface area contributed by atoms with Gasteiger partial charge in [0.15, 0.2) is 0 Å². The molecule has 0 bridgehead atoms. The molecule has 0 radical (unpaired) electrons. The lowest BCUT2D eigenvalue weighted by atomic mass is 9.68. The van der Waals surface area contributed by atoms with Crippen LogP contribution in [0.1, 0.15) is 23.9 Å². The van der Waals surface area contributed by atoms with E-state index in [1.54, 1.807) is 19.2 Å². The fraction of sp³-hybridized carbons (Fsp3) is 0.400. The Morgan fingerprint density at radius 1 is 1.23 bits per heavy atom. The normalized spacial score (nSPS) is 17.8. The molecule has 1 aliphatic heterocycles. The lowest BCUT2D eigenvalue weighted by Crippen LogP contribution is -2.44. The van der Waals surface area contributed by atoms with Crippen molar-refractivity contribution in [2.45, 2.75) is 19.2 Å². The second-order valence-corrected chi connectivity index (χ2v) is 5.22. The third-order valence-corrected chi connectivity index (χ3v) is 3.45. The second-order valence-electron chi connectivity index (χ2n) is 5.22. The van der Waals surface area contributed by atoms with E-state index in [1.165, 1.54) is 4.90 Å². The van der Waals surface area contributed by atoms with E-state index >= 15 is 0 Å². The Kier molecular flexibility index (Phi) is 5.18. The Morgan fingerprint density at radius 2 is 1.77 bits per heavy atom. The molecule has 1 aromatic carbocycles. The summed E-state index contributed by atoms with van der Waals surface area (Å²) >= 11 is 0. The molecule has 22 heavy (non-hydrogen) atoms. The number of nitrogens with zero attached hydrogens (tertiary/aromatic N) is 2. The molecule has 7 heteroatoms. The van der Waals surface area contributed by atoms with Crippen molar-refractivity contribution in [2.24, 2.45) is 0 Å². The first-order valence-corrected chi connectivity index (χ1v) is 7.09. The Hall–Kier alpha value is -2.33. The number of carbonyl (C=O) groups is 2. The van der Waals surface area contributed by atoms with Gasteiger partial charge in [0.25, 0.3) is 0 Å². The van der Waals surface area contributed by atoms with Crippen molar-refractivity contribution in [3.05, 3.63) is 35.4 Å². The SMILES string of the molecule is CCc1ccc(C(C#N)B2OC(=O)CN(C)CC(=O)O2)cc1. The molecule has 1 saturated heterocycles. The maximum atomic E-state index is 11.8. The molecule has 0 amide bonds. The highest BCUT2D eigenvalue weighted by Crippen LogP contribution is 2.21. The molecule has 2 rings (SSSR count). The zero-order valence-corrected chi connectivity index (χ0v) is 12.6. The van der Waals surface area contributed by atoms with Crippen LogP contribution in [0.15, 0.2) is 24.3 Å². The number of nitriles is 1. The van der Waals surface area contributed by atoms with Crippen LogP contribution < -0.4 is 0 Å². The lowest BCUT2D eigenvalue weighted by molar-refractivity contribution is -0.145. The largest absolute Gasteiger partial charge is 0.621 e. The topological polar surface area (TPSA) is 79.6 Å². The molecule has 1 unspecified atom stereocenters. The number of aryl methyl sites for hydroxylation is 1. The molecule has 0 spiro atoms. The van der Waals surface area contributed by atoms with Gasteiger partial charge in [-0.05, 0) is 24.6 Å². The Bertz CT molecular complexity index is 577. The van der Waals surface area contributed by atoms with Crippen LogP contribution in [0.3, 0.4) is 0 Å². The van der Waals surface area contributed by atoms with E-state index in [0.717, 1.165) is 12.0 Å². The van der Waals surface area contributed by atoms with Gasteiger partial charge in [-0.15, -0.1) is 0 Å². The fourth-order valence-corrected chi connectivity index (χ4v) is 2.24. The van der Waals surface area contributed by atoms with E-state index in [9.17, 15) is 14.9 Å². The van der Waals surface area contributed by atoms with Crippen molar-refractivity contribution in [3.8, 4) is 6.07 Å². The maximum absolute atomic E-state index is 11.8. The van der Waals surface area contributed by atoms with Crippen LogP contribution in [0.4, 0.5) is 0 Å². The molecular formula is C15H17BN2O4. The van der Waals surface area contributed by atoms with Crippen LogP contribution >= 0.6 is 0 Å². The van der Waals surface area contributed by atoms with Crippen LogP contribution in [-0.2, 0) is 25.3 Å². The van der Waals surface area contributed by atoms with Crippen molar-refractivity contribution in [3.63, 3.8) is 0 Å². The van der Waals surface area contributed by atoms with Gasteiger partial charge >= 0.3 is 19.1 Å². The van der Waals surface area contributed by atoms with E-state index in [2.05, 4.69) is 6.07 Å². The summed E-state index contributed by atoms with van der Waals surface area (Å²) in [4.78, 5) is 25.0. The van der Waals surface area contributed by atoms with Gasteiger partial charge in [-0.1, -0.05) is 31.2 Å². The summed E-state index contributed by atoms with van der Waals surface area (Å²) in [5.74, 6) is -1.89. The van der Waals surface area contributed by atoms with E-state index in [1.807, 2.05) is 19.1 Å². The summed E-state index contributed by atoms with van der Waals surface area (Å²) in [6.45, 7) is 2.00. The number of hydrogen-bond donors (Lipinski definition) is 0. The fourth-order valence-electron chi connectivity index (χ4n) is 2.24. The summed E-state index contributed by atoms with van der Waals surface area (Å²) < 4.78 is 10.3. The molecule has 1 aliphatic rings. The first-order chi connectivity index (χ1) is 10.5. The van der Waals surface area contributed by atoms with Crippen molar-refractivity contribution < 1.29 is 18.9 Å². The van der Waals surface area contributed by atoms with E-state index in [-0.39, 0.29) is 13.1 Å². The molecule has 1 aromatic rings. The van der Waals surface area contributed by atoms with Crippen LogP contribution in [0.25, 0.3) is 0 Å². The third kappa shape index (κ3) is 3.86. The van der Waals surface area contributed by atoms with Crippen LogP contribution in [0.2, 0.25) is 0 Å². The number of likely N-dealkylation sites (N-methyl/N-ethyl adjacent to an activating group) is 1. The summed E-state index contributed by atoms with van der Waals surface area (Å²) in [6.07, 6.45) is 0.886. The van der Waals surface area contributed by atoms with Crippen molar-refractivity contribution >= 4 is 19.1 Å². The molecule has 0 saturated carbocycles. The minimum atomic E-state index is -1.22. The summed E-state index contributed by atoms with van der Waals surface area (Å²) in [5, 5.41) is 9.40. The van der Waals surface area contributed by atoms with Crippen molar-refractivity contribution in [1.29, 1.82) is 5.26 Å². The van der Waals surface area contributed by atoms with Crippen molar-refractivity contribution in [2.75, 3.05) is 20.1 Å². The highest BCUT2D eigenvalue weighted by atomic mass is 16.6. The molecule has 1 fully saturated rings. The van der Waals surface area contributed by atoms with Gasteiger partial charge in [-0.3, -0.25) is 14.5 Å². The summed E-state index contributed by atoms with van der Waals surface area (Å²) in [5.41, 5.74) is 1.79. The number of rotatable bonds is 3. The van der Waals surface area contributed by atoms with Gasteiger partial charge in [0, 0.05) is 0 Å². The van der Waals surface area contributed by atoms with Gasteiger partial charge in [0.2, 0.25) is 0 Å². The molecule has 1 heterocycles. The van der Waals surface area contributed by atoms with Gasteiger partial charge in [-0.2, -0.15) is 5.26 Å². The quantitative estimate of drug-likeness (QED) is 0.772. The Morgan fingerprint density at radius 3 is 2.23 bits per heavy atom. The standard InChI is InChI=1S/C15H17BN2O4/c1-3-11-4-6-12(7-5-11)13(8-17)16-21-14(19)9-18(2)10-15(20)22-16/h4-7,13H,3,9-10H2,1-2H3. The highest BCUT2D eigenvalue weighted by Gasteiger charge is 2.41. The summed E-state index contributed by atoms with van der Waals surface area (Å²) in [6, 6.07) is 9.45. The summed E-state index contributed by atoms with van der Waals surface area (Å²) in [7, 11) is 0.403. The maximum Gasteiger partial charge on any atom is 0.621 e. The predicted octanol–water partition coefficient (Wildman–Crippen LogP) is 0.915. The van der Waals surface area contributed by atoms with Gasteiger partial charge in [-0.25, -0.2) is 0 Å². The first kappa shape index (κ1) is 16.1. The number of carbonyl (C=O) groups excluding carboxylic acids is 2. The number of benzene rings is 1. The number of hydrogen-bond acceptors (Lipinski definition) is 6. The lowest BCUT2D eigenvalue weighted by Gasteiger charge is -2.24. The zero-order chi connectivity index (χ0) is 16.1. The molecular weight excluding hydrogens is 283 g/mol. The molecule has 0 aromatic heterocycles. The molecule has 1 atom stereocenters. The van der Waals surface area contributed by atoms with E-state index in [0.29, 0.717) is 5.56 Å². The third-order valence-electron chi connectivity index (χ3n) is 3.45. The molecule has 6 nitrogen and oxygen atoms in total. The predicted molar refractivity (Wildman–Crippen MR) is 79.6 cm³/mol. The molecule has 0 aliphatic carbocycles. The zero-order valence-electron chi connectivity index (χ0n) is 12.6. The average molecular weight is 300 g/mol. The van der Waals surface area contributed by atoms with Gasteiger partial charge < -0.3 is 9.31 Å².